The van der Waals surface area contributed by atoms with E-state index in [1.807, 2.05) is 6.07 Å². The van der Waals surface area contributed by atoms with Crippen LogP contribution >= 0.6 is 11.6 Å². The van der Waals surface area contributed by atoms with Crippen molar-refractivity contribution in [3.8, 4) is 0 Å². The van der Waals surface area contributed by atoms with Gasteiger partial charge in [0.05, 0.1) is 19.1 Å². The molecule has 1 heterocycles. The summed E-state index contributed by atoms with van der Waals surface area (Å²) in [4.78, 5) is 11.9. The summed E-state index contributed by atoms with van der Waals surface area (Å²) < 4.78 is 5.54. The van der Waals surface area contributed by atoms with Crippen molar-refractivity contribution in [2.45, 2.75) is 44.3 Å². The first-order valence-electron chi connectivity index (χ1n) is 7.35. The Morgan fingerprint density at radius 3 is 2.90 bits per heavy atom. The summed E-state index contributed by atoms with van der Waals surface area (Å²) in [6, 6.07) is 7.11. The van der Waals surface area contributed by atoms with E-state index in [0.717, 1.165) is 25.9 Å². The predicted octanol–water partition coefficient (Wildman–Crippen LogP) is 2.62. The van der Waals surface area contributed by atoms with Crippen molar-refractivity contribution in [1.29, 1.82) is 0 Å². The summed E-state index contributed by atoms with van der Waals surface area (Å²) in [6.07, 6.45) is 3.45. The number of amides is 1. The molecule has 0 spiro atoms. The van der Waals surface area contributed by atoms with Gasteiger partial charge in [0.2, 0.25) is 5.91 Å². The quantitative estimate of drug-likeness (QED) is 0.879. The fourth-order valence-electron chi connectivity index (χ4n) is 2.51. The number of hydrogen-bond donors (Lipinski definition) is 2. The molecular weight excluding hydrogens is 290 g/mol. The summed E-state index contributed by atoms with van der Waals surface area (Å²) in [5.41, 5.74) is -0.581. The second-order valence-corrected chi connectivity index (χ2v) is 6.13. The number of hydrogen-bond acceptors (Lipinski definition) is 3. The van der Waals surface area contributed by atoms with Crippen LogP contribution in [-0.2, 0) is 15.1 Å². The Labute approximate surface area is 130 Å². The highest BCUT2D eigenvalue weighted by Gasteiger charge is 2.26. The van der Waals surface area contributed by atoms with E-state index in [2.05, 4.69) is 5.32 Å². The molecule has 1 aliphatic heterocycles. The molecule has 0 bridgehead atoms. The van der Waals surface area contributed by atoms with Crippen molar-refractivity contribution in [3.63, 3.8) is 0 Å². The van der Waals surface area contributed by atoms with E-state index in [-0.39, 0.29) is 18.6 Å². The third-order valence-electron chi connectivity index (χ3n) is 3.77. The normalized spacial score (nSPS) is 21.6. The Balaban J connectivity index is 1.86. The van der Waals surface area contributed by atoms with Gasteiger partial charge in [0.25, 0.3) is 0 Å². The molecule has 2 unspecified atom stereocenters. The topological polar surface area (TPSA) is 58.6 Å². The standard InChI is InChI=1S/C16H22ClNO3/c1-16(20,13-7-2-3-8-14(13)17)11-18-15(19)10-12-6-4-5-9-21-12/h2-3,7-8,12,20H,4-6,9-11H2,1H3,(H,18,19). The van der Waals surface area contributed by atoms with Gasteiger partial charge in [0, 0.05) is 17.2 Å². The van der Waals surface area contributed by atoms with Gasteiger partial charge in [-0.25, -0.2) is 0 Å². The lowest BCUT2D eigenvalue weighted by molar-refractivity contribution is -0.126. The van der Waals surface area contributed by atoms with E-state index in [4.69, 9.17) is 16.3 Å². The zero-order valence-electron chi connectivity index (χ0n) is 12.3. The maximum atomic E-state index is 11.9. The van der Waals surface area contributed by atoms with Crippen LogP contribution in [0.2, 0.25) is 5.02 Å². The molecule has 0 radical (unpaired) electrons. The monoisotopic (exact) mass is 311 g/mol. The summed E-state index contributed by atoms with van der Waals surface area (Å²) in [5.74, 6) is -0.103. The van der Waals surface area contributed by atoms with E-state index < -0.39 is 5.60 Å². The van der Waals surface area contributed by atoms with Crippen LogP contribution in [0, 0.1) is 0 Å². The third kappa shape index (κ3) is 4.70. The highest BCUT2D eigenvalue weighted by molar-refractivity contribution is 6.31. The third-order valence-corrected chi connectivity index (χ3v) is 4.10. The summed E-state index contributed by atoms with van der Waals surface area (Å²) in [5, 5.41) is 13.8. The molecular formula is C16H22ClNO3. The number of halogens is 1. The molecule has 0 aliphatic carbocycles. The van der Waals surface area contributed by atoms with E-state index in [1.54, 1.807) is 25.1 Å². The lowest BCUT2D eigenvalue weighted by Crippen LogP contribution is -2.40. The second kappa shape index (κ2) is 7.25. The fourth-order valence-corrected chi connectivity index (χ4v) is 2.85. The number of carbonyl (C=O) groups excluding carboxylic acids is 1. The van der Waals surface area contributed by atoms with E-state index >= 15 is 0 Å². The molecule has 1 fully saturated rings. The molecule has 2 N–H and O–H groups in total. The van der Waals surface area contributed by atoms with Crippen LogP contribution in [-0.4, -0.2) is 30.3 Å². The van der Waals surface area contributed by atoms with Crippen molar-refractivity contribution in [1.82, 2.24) is 5.32 Å². The minimum absolute atomic E-state index is 0.00372. The van der Waals surface area contributed by atoms with Crippen LogP contribution < -0.4 is 5.32 Å². The largest absolute Gasteiger partial charge is 0.384 e. The first-order chi connectivity index (χ1) is 9.99. The van der Waals surface area contributed by atoms with Crippen molar-refractivity contribution in [2.24, 2.45) is 0 Å². The number of nitrogens with one attached hydrogen (secondary N) is 1. The van der Waals surface area contributed by atoms with Gasteiger partial charge in [-0.3, -0.25) is 4.79 Å². The van der Waals surface area contributed by atoms with Crippen molar-refractivity contribution in [2.75, 3.05) is 13.2 Å². The van der Waals surface area contributed by atoms with E-state index in [0.29, 0.717) is 17.0 Å². The SMILES string of the molecule is CC(O)(CNC(=O)CC1CCCCO1)c1ccccc1Cl. The Kier molecular flexibility index (Phi) is 5.62. The maximum absolute atomic E-state index is 11.9. The molecule has 1 aromatic carbocycles. The molecule has 5 heteroatoms. The van der Waals surface area contributed by atoms with Crippen LogP contribution in [0.5, 0.6) is 0 Å². The van der Waals surface area contributed by atoms with E-state index in [9.17, 15) is 9.90 Å². The van der Waals surface area contributed by atoms with Gasteiger partial charge >= 0.3 is 0 Å². The minimum Gasteiger partial charge on any atom is -0.384 e. The van der Waals surface area contributed by atoms with Crippen molar-refractivity contribution in [3.05, 3.63) is 34.9 Å². The van der Waals surface area contributed by atoms with Crippen LogP contribution in [0.3, 0.4) is 0 Å². The molecule has 4 nitrogen and oxygen atoms in total. The Morgan fingerprint density at radius 2 is 2.24 bits per heavy atom. The summed E-state index contributed by atoms with van der Waals surface area (Å²) in [6.45, 7) is 2.50. The molecule has 1 saturated heterocycles. The van der Waals surface area contributed by atoms with E-state index in [1.165, 1.54) is 0 Å². The van der Waals surface area contributed by atoms with Gasteiger partial charge in [-0.1, -0.05) is 29.8 Å². The number of rotatable bonds is 5. The highest BCUT2D eigenvalue weighted by Crippen LogP contribution is 2.27. The van der Waals surface area contributed by atoms with Gasteiger partial charge in [0.1, 0.15) is 5.60 Å². The average Bonchev–Trinajstić information content (AvgIpc) is 2.47. The second-order valence-electron chi connectivity index (χ2n) is 5.72. The Morgan fingerprint density at radius 1 is 1.48 bits per heavy atom. The first kappa shape index (κ1) is 16.3. The predicted molar refractivity (Wildman–Crippen MR) is 82.2 cm³/mol. The van der Waals surface area contributed by atoms with Crippen molar-refractivity contribution < 1.29 is 14.6 Å². The molecule has 2 rings (SSSR count). The maximum Gasteiger partial charge on any atom is 0.222 e. The minimum atomic E-state index is -1.19. The van der Waals surface area contributed by atoms with Crippen LogP contribution in [0.15, 0.2) is 24.3 Å². The Hall–Kier alpha value is -1.10. The van der Waals surface area contributed by atoms with Gasteiger partial charge in [-0.2, -0.15) is 0 Å². The Bertz CT molecular complexity index is 484. The molecule has 2 atom stereocenters. The average molecular weight is 312 g/mol. The highest BCUT2D eigenvalue weighted by atomic mass is 35.5. The number of ether oxygens (including phenoxy) is 1. The van der Waals surface area contributed by atoms with Crippen LogP contribution in [0.4, 0.5) is 0 Å². The molecule has 1 amide bonds. The molecule has 116 valence electrons. The van der Waals surface area contributed by atoms with Crippen LogP contribution in [0.25, 0.3) is 0 Å². The van der Waals surface area contributed by atoms with Gasteiger partial charge in [-0.15, -0.1) is 0 Å². The summed E-state index contributed by atoms with van der Waals surface area (Å²) in [7, 11) is 0. The summed E-state index contributed by atoms with van der Waals surface area (Å²) >= 11 is 6.09. The van der Waals surface area contributed by atoms with Gasteiger partial charge in [0.15, 0.2) is 0 Å². The van der Waals surface area contributed by atoms with Gasteiger partial charge in [-0.05, 0) is 32.3 Å². The van der Waals surface area contributed by atoms with Crippen LogP contribution in [0.1, 0.15) is 38.2 Å². The molecule has 0 saturated carbocycles. The zero-order valence-corrected chi connectivity index (χ0v) is 13.0. The molecule has 1 aromatic rings. The van der Waals surface area contributed by atoms with Crippen molar-refractivity contribution >= 4 is 17.5 Å². The molecule has 21 heavy (non-hydrogen) atoms. The fraction of sp³-hybridized carbons (Fsp3) is 0.562. The lowest BCUT2D eigenvalue weighted by Gasteiger charge is -2.26. The molecule has 1 aliphatic rings. The number of benzene rings is 1. The van der Waals surface area contributed by atoms with Gasteiger partial charge < -0.3 is 15.2 Å². The smallest absolute Gasteiger partial charge is 0.222 e. The number of aliphatic hydroxyl groups is 1. The zero-order chi connectivity index (χ0) is 15.3. The molecule has 0 aromatic heterocycles. The first-order valence-corrected chi connectivity index (χ1v) is 7.72. The number of carbonyl (C=O) groups is 1. The lowest BCUT2D eigenvalue weighted by atomic mass is 9.96.